The lowest BCUT2D eigenvalue weighted by atomic mass is 10.4. The standard InChI is InChI=1S/C7H6ClN5/c8-6-2-1-5(3-9-6)12-7-10-4-11-13-7/h1-4H,(H2,10,11,12,13). The molecule has 0 aliphatic rings. The van der Waals surface area contributed by atoms with Crippen LogP contribution in [0.2, 0.25) is 5.15 Å². The minimum Gasteiger partial charge on any atom is -0.323 e. The zero-order valence-corrected chi connectivity index (χ0v) is 7.28. The van der Waals surface area contributed by atoms with Gasteiger partial charge in [0, 0.05) is 0 Å². The van der Waals surface area contributed by atoms with Crippen molar-refractivity contribution in [3.8, 4) is 0 Å². The molecule has 2 N–H and O–H groups in total. The van der Waals surface area contributed by atoms with Crippen LogP contribution in [-0.2, 0) is 0 Å². The van der Waals surface area contributed by atoms with Gasteiger partial charge < -0.3 is 5.32 Å². The van der Waals surface area contributed by atoms with Crippen molar-refractivity contribution in [1.82, 2.24) is 20.2 Å². The Hall–Kier alpha value is -1.62. The molecule has 0 radical (unpaired) electrons. The molecule has 0 amide bonds. The van der Waals surface area contributed by atoms with Crippen molar-refractivity contribution in [2.24, 2.45) is 0 Å². The third-order valence-corrected chi connectivity index (χ3v) is 1.63. The van der Waals surface area contributed by atoms with Crippen LogP contribution in [0.15, 0.2) is 24.7 Å². The summed E-state index contributed by atoms with van der Waals surface area (Å²) in [6.07, 6.45) is 3.04. The minimum absolute atomic E-state index is 0.461. The first-order valence-electron chi connectivity index (χ1n) is 3.58. The molecule has 2 rings (SSSR count). The van der Waals surface area contributed by atoms with Crippen LogP contribution in [-0.4, -0.2) is 20.2 Å². The largest absolute Gasteiger partial charge is 0.323 e. The van der Waals surface area contributed by atoms with Gasteiger partial charge in [-0.1, -0.05) is 11.6 Å². The van der Waals surface area contributed by atoms with E-state index in [1.165, 1.54) is 6.33 Å². The minimum atomic E-state index is 0.461. The van der Waals surface area contributed by atoms with Crippen LogP contribution < -0.4 is 5.32 Å². The zero-order chi connectivity index (χ0) is 9.10. The maximum absolute atomic E-state index is 5.62. The van der Waals surface area contributed by atoms with Gasteiger partial charge >= 0.3 is 0 Å². The van der Waals surface area contributed by atoms with Crippen LogP contribution in [0.3, 0.4) is 0 Å². The van der Waals surface area contributed by atoms with Crippen molar-refractivity contribution in [2.45, 2.75) is 0 Å². The molecule has 2 aromatic heterocycles. The average Bonchev–Trinajstić information content (AvgIpc) is 2.62. The van der Waals surface area contributed by atoms with Crippen LogP contribution in [0.1, 0.15) is 0 Å². The highest BCUT2D eigenvalue weighted by Crippen LogP contribution is 2.12. The van der Waals surface area contributed by atoms with Crippen LogP contribution in [0.25, 0.3) is 0 Å². The summed E-state index contributed by atoms with van der Waals surface area (Å²) < 4.78 is 0. The molecule has 0 fully saturated rings. The lowest BCUT2D eigenvalue weighted by molar-refractivity contribution is 1.09. The molecule has 13 heavy (non-hydrogen) atoms. The molecule has 0 aliphatic heterocycles. The Labute approximate surface area is 79.2 Å². The molecule has 0 spiro atoms. The molecule has 0 aliphatic carbocycles. The number of hydrogen-bond donors (Lipinski definition) is 2. The predicted octanol–water partition coefficient (Wildman–Crippen LogP) is 1.60. The summed E-state index contributed by atoms with van der Waals surface area (Å²) in [6, 6.07) is 3.50. The van der Waals surface area contributed by atoms with E-state index in [2.05, 4.69) is 25.5 Å². The quantitative estimate of drug-likeness (QED) is 0.715. The fourth-order valence-corrected chi connectivity index (χ4v) is 0.964. The molecule has 0 saturated carbocycles. The first-order valence-corrected chi connectivity index (χ1v) is 3.96. The molecule has 0 unspecified atom stereocenters. The zero-order valence-electron chi connectivity index (χ0n) is 6.53. The third kappa shape index (κ3) is 1.94. The Morgan fingerprint density at radius 1 is 1.31 bits per heavy atom. The molecule has 0 bridgehead atoms. The Balaban J connectivity index is 2.15. The van der Waals surface area contributed by atoms with E-state index in [4.69, 9.17) is 11.6 Å². The number of nitrogens with zero attached hydrogens (tertiary/aromatic N) is 3. The van der Waals surface area contributed by atoms with Crippen LogP contribution in [0.5, 0.6) is 0 Å². The maximum Gasteiger partial charge on any atom is 0.222 e. The maximum atomic E-state index is 5.62. The highest BCUT2D eigenvalue weighted by Gasteiger charge is 1.96. The lowest BCUT2D eigenvalue weighted by Crippen LogP contribution is -1.92. The molecular weight excluding hydrogens is 190 g/mol. The van der Waals surface area contributed by atoms with Gasteiger partial charge in [-0.3, -0.25) is 0 Å². The van der Waals surface area contributed by atoms with Crippen molar-refractivity contribution < 1.29 is 0 Å². The van der Waals surface area contributed by atoms with E-state index in [-0.39, 0.29) is 0 Å². The summed E-state index contributed by atoms with van der Waals surface area (Å²) in [5, 5.41) is 9.78. The number of aromatic nitrogens is 4. The number of rotatable bonds is 2. The van der Waals surface area contributed by atoms with Gasteiger partial charge in [-0.2, -0.15) is 10.1 Å². The molecule has 0 atom stereocenters. The van der Waals surface area contributed by atoms with Gasteiger partial charge in [0.2, 0.25) is 5.95 Å². The second-order valence-electron chi connectivity index (χ2n) is 2.33. The number of aromatic amines is 1. The molecule has 6 heteroatoms. The van der Waals surface area contributed by atoms with E-state index >= 15 is 0 Å². The fourth-order valence-electron chi connectivity index (χ4n) is 0.852. The van der Waals surface area contributed by atoms with E-state index < -0.39 is 0 Å². The molecule has 66 valence electrons. The fraction of sp³-hybridized carbons (Fsp3) is 0. The summed E-state index contributed by atoms with van der Waals surface area (Å²) in [7, 11) is 0. The number of pyridine rings is 1. The Kier molecular flexibility index (Phi) is 2.09. The average molecular weight is 196 g/mol. The van der Waals surface area contributed by atoms with Crippen LogP contribution >= 0.6 is 11.6 Å². The van der Waals surface area contributed by atoms with Gasteiger partial charge in [0.05, 0.1) is 11.9 Å². The monoisotopic (exact) mass is 195 g/mol. The summed E-state index contributed by atoms with van der Waals surface area (Å²) >= 11 is 5.62. The van der Waals surface area contributed by atoms with Crippen molar-refractivity contribution in [1.29, 1.82) is 0 Å². The molecule has 2 aromatic rings. The normalized spacial score (nSPS) is 9.92. The van der Waals surface area contributed by atoms with Crippen LogP contribution in [0.4, 0.5) is 11.6 Å². The topological polar surface area (TPSA) is 66.5 Å². The number of halogens is 1. The van der Waals surface area contributed by atoms with E-state index in [0.717, 1.165) is 5.69 Å². The van der Waals surface area contributed by atoms with Gasteiger partial charge in [-0.05, 0) is 12.1 Å². The number of anilines is 2. The number of H-pyrrole nitrogens is 1. The van der Waals surface area contributed by atoms with Crippen molar-refractivity contribution in [3.05, 3.63) is 29.8 Å². The number of nitrogens with one attached hydrogen (secondary N) is 2. The summed E-state index contributed by atoms with van der Waals surface area (Å²) in [5.41, 5.74) is 0.807. The summed E-state index contributed by atoms with van der Waals surface area (Å²) in [5.74, 6) is 0.573. The molecule has 0 aromatic carbocycles. The van der Waals surface area contributed by atoms with Crippen molar-refractivity contribution in [3.63, 3.8) is 0 Å². The van der Waals surface area contributed by atoms with E-state index in [1.807, 2.05) is 0 Å². The molecule has 5 nitrogen and oxygen atoms in total. The predicted molar refractivity (Wildman–Crippen MR) is 48.9 cm³/mol. The molecular formula is C7H6ClN5. The Morgan fingerprint density at radius 2 is 2.23 bits per heavy atom. The van der Waals surface area contributed by atoms with E-state index in [0.29, 0.717) is 11.1 Å². The second kappa shape index (κ2) is 3.40. The van der Waals surface area contributed by atoms with Crippen molar-refractivity contribution in [2.75, 3.05) is 5.32 Å². The van der Waals surface area contributed by atoms with E-state index in [9.17, 15) is 0 Å². The molecule has 0 saturated heterocycles. The Morgan fingerprint density at radius 3 is 2.85 bits per heavy atom. The van der Waals surface area contributed by atoms with Gasteiger partial charge in [0.25, 0.3) is 0 Å². The first kappa shape index (κ1) is 8.00. The van der Waals surface area contributed by atoms with E-state index in [1.54, 1.807) is 18.3 Å². The van der Waals surface area contributed by atoms with Gasteiger partial charge in [-0.15, -0.1) is 0 Å². The van der Waals surface area contributed by atoms with Gasteiger partial charge in [-0.25, -0.2) is 10.1 Å². The first-order chi connectivity index (χ1) is 6.34. The lowest BCUT2D eigenvalue weighted by Gasteiger charge is -2.00. The van der Waals surface area contributed by atoms with Crippen molar-refractivity contribution >= 4 is 23.2 Å². The van der Waals surface area contributed by atoms with Crippen LogP contribution in [0, 0.1) is 0 Å². The van der Waals surface area contributed by atoms with Gasteiger partial charge in [0.1, 0.15) is 11.5 Å². The second-order valence-corrected chi connectivity index (χ2v) is 2.72. The number of hydrogen-bond acceptors (Lipinski definition) is 4. The third-order valence-electron chi connectivity index (χ3n) is 1.41. The SMILES string of the molecule is Clc1ccc(Nc2ncn[nH]2)cn1. The highest BCUT2D eigenvalue weighted by atomic mass is 35.5. The van der Waals surface area contributed by atoms with Gasteiger partial charge in [0.15, 0.2) is 0 Å². The summed E-state index contributed by atoms with van der Waals surface area (Å²) in [6.45, 7) is 0. The smallest absolute Gasteiger partial charge is 0.222 e. The highest BCUT2D eigenvalue weighted by molar-refractivity contribution is 6.29. The Bertz CT molecular complexity index is 368. The summed E-state index contributed by atoms with van der Waals surface area (Å²) in [4.78, 5) is 7.80. The molecule has 2 heterocycles.